The molecule has 34 heavy (non-hydrogen) atoms. The molecular formula is C26H23N3O5. The van der Waals surface area contributed by atoms with Gasteiger partial charge in [0, 0.05) is 28.4 Å². The number of aromatic amines is 1. The van der Waals surface area contributed by atoms with E-state index in [9.17, 15) is 14.4 Å². The van der Waals surface area contributed by atoms with E-state index in [0.717, 1.165) is 16.5 Å². The molecule has 0 aliphatic heterocycles. The molecule has 0 radical (unpaired) electrons. The number of fused-ring (bicyclic) bond motifs is 1. The number of amides is 2. The molecule has 3 aromatic carbocycles. The Hall–Kier alpha value is -4.59. The third-order valence-electron chi connectivity index (χ3n) is 5.16. The van der Waals surface area contributed by atoms with Crippen LogP contribution < -0.4 is 15.4 Å². The van der Waals surface area contributed by atoms with Crippen molar-refractivity contribution in [2.75, 3.05) is 24.4 Å². The van der Waals surface area contributed by atoms with Crippen LogP contribution >= 0.6 is 0 Å². The molecule has 0 unspecified atom stereocenters. The fraction of sp³-hybridized carbons (Fsp3) is 0.115. The molecule has 1 aromatic heterocycles. The van der Waals surface area contributed by atoms with Gasteiger partial charge in [-0.3, -0.25) is 14.4 Å². The number of carbonyl (C=O) groups is 3. The van der Waals surface area contributed by atoms with Crippen molar-refractivity contribution in [2.45, 2.75) is 6.42 Å². The minimum Gasteiger partial charge on any atom is -0.495 e. The lowest BCUT2D eigenvalue weighted by molar-refractivity contribution is -0.146. The van der Waals surface area contributed by atoms with Gasteiger partial charge >= 0.3 is 5.97 Å². The van der Waals surface area contributed by atoms with Gasteiger partial charge < -0.3 is 25.1 Å². The minimum absolute atomic E-state index is 0.0628. The monoisotopic (exact) mass is 457 g/mol. The SMILES string of the molecule is COc1ccccc1NC(=O)c1ccc(NC(=O)COC(=O)Cc2c[nH]c3ccccc23)cc1. The number of H-pyrrole nitrogens is 1. The topological polar surface area (TPSA) is 110 Å². The number of carbonyl (C=O) groups excluding carboxylic acids is 3. The Kier molecular flexibility index (Phi) is 6.88. The molecule has 0 fully saturated rings. The first-order valence-corrected chi connectivity index (χ1v) is 10.6. The average Bonchev–Trinajstić information content (AvgIpc) is 3.26. The van der Waals surface area contributed by atoms with Gasteiger partial charge in [0.2, 0.25) is 0 Å². The molecule has 0 bridgehead atoms. The molecule has 0 atom stereocenters. The summed E-state index contributed by atoms with van der Waals surface area (Å²) in [6, 6.07) is 21.1. The summed E-state index contributed by atoms with van der Waals surface area (Å²) >= 11 is 0. The van der Waals surface area contributed by atoms with Gasteiger partial charge in [-0.15, -0.1) is 0 Å². The van der Waals surface area contributed by atoms with E-state index in [1.807, 2.05) is 30.3 Å². The molecular weight excluding hydrogens is 434 g/mol. The summed E-state index contributed by atoms with van der Waals surface area (Å²) in [5, 5.41) is 6.38. The standard InChI is InChI=1S/C26H23N3O5/c1-33-23-9-5-4-8-22(23)29-26(32)17-10-12-19(13-11-17)28-24(30)16-34-25(31)14-18-15-27-21-7-3-2-6-20(18)21/h2-13,15,27H,14,16H2,1H3,(H,28,30)(H,29,32). The second kappa shape index (κ2) is 10.4. The Morgan fingerprint density at radius 2 is 1.62 bits per heavy atom. The fourth-order valence-corrected chi connectivity index (χ4v) is 3.47. The van der Waals surface area contributed by atoms with Crippen LogP contribution in [0.3, 0.4) is 0 Å². The summed E-state index contributed by atoms with van der Waals surface area (Å²) in [4.78, 5) is 39.9. The first-order valence-electron chi connectivity index (χ1n) is 10.6. The number of anilines is 2. The van der Waals surface area contributed by atoms with Crippen molar-refractivity contribution < 1.29 is 23.9 Å². The van der Waals surface area contributed by atoms with Gasteiger partial charge in [0.15, 0.2) is 6.61 Å². The van der Waals surface area contributed by atoms with Gasteiger partial charge in [-0.1, -0.05) is 30.3 Å². The molecule has 172 valence electrons. The maximum absolute atomic E-state index is 12.5. The lowest BCUT2D eigenvalue weighted by Crippen LogP contribution is -2.21. The Bertz CT molecular complexity index is 1330. The van der Waals surface area contributed by atoms with E-state index < -0.39 is 18.5 Å². The molecule has 8 nitrogen and oxygen atoms in total. The Morgan fingerprint density at radius 1 is 0.882 bits per heavy atom. The van der Waals surface area contributed by atoms with Crippen LogP contribution in [0, 0.1) is 0 Å². The van der Waals surface area contributed by atoms with Crippen LogP contribution in [-0.2, 0) is 20.7 Å². The highest BCUT2D eigenvalue weighted by Crippen LogP contribution is 2.24. The van der Waals surface area contributed by atoms with Gasteiger partial charge in [-0.2, -0.15) is 0 Å². The lowest BCUT2D eigenvalue weighted by Gasteiger charge is -2.10. The number of hydrogen-bond acceptors (Lipinski definition) is 5. The van der Waals surface area contributed by atoms with Crippen molar-refractivity contribution in [2.24, 2.45) is 0 Å². The van der Waals surface area contributed by atoms with Crippen molar-refractivity contribution in [1.82, 2.24) is 4.98 Å². The third kappa shape index (κ3) is 5.42. The maximum atomic E-state index is 12.5. The number of para-hydroxylation sites is 3. The lowest BCUT2D eigenvalue weighted by atomic mass is 10.1. The van der Waals surface area contributed by atoms with Gasteiger partial charge in [0.05, 0.1) is 19.2 Å². The molecule has 4 aromatic rings. The smallest absolute Gasteiger partial charge is 0.310 e. The Labute approximate surface area is 195 Å². The summed E-state index contributed by atoms with van der Waals surface area (Å²) in [5.41, 5.74) is 3.19. The quantitative estimate of drug-likeness (QED) is 0.344. The number of benzene rings is 3. The van der Waals surface area contributed by atoms with Crippen molar-refractivity contribution in [3.05, 3.63) is 90.1 Å². The highest BCUT2D eigenvalue weighted by Gasteiger charge is 2.13. The summed E-state index contributed by atoms with van der Waals surface area (Å²) in [6.07, 6.45) is 1.82. The summed E-state index contributed by atoms with van der Waals surface area (Å²) in [5.74, 6) is -0.727. The first-order chi connectivity index (χ1) is 16.5. The van der Waals surface area contributed by atoms with Crippen molar-refractivity contribution in [3.8, 4) is 5.75 Å². The zero-order valence-corrected chi connectivity index (χ0v) is 18.5. The van der Waals surface area contributed by atoms with Crippen molar-refractivity contribution >= 4 is 40.1 Å². The van der Waals surface area contributed by atoms with Crippen molar-refractivity contribution in [1.29, 1.82) is 0 Å². The van der Waals surface area contributed by atoms with Crippen LogP contribution in [0.15, 0.2) is 79.0 Å². The number of esters is 1. The number of hydrogen-bond donors (Lipinski definition) is 3. The predicted molar refractivity (Wildman–Crippen MR) is 129 cm³/mol. The molecule has 8 heteroatoms. The zero-order chi connectivity index (χ0) is 23.9. The number of aromatic nitrogens is 1. The number of rotatable bonds is 8. The molecule has 0 saturated heterocycles. The van der Waals surface area contributed by atoms with Crippen LogP contribution in [0.2, 0.25) is 0 Å². The van der Waals surface area contributed by atoms with E-state index in [4.69, 9.17) is 9.47 Å². The average molecular weight is 457 g/mol. The van der Waals surface area contributed by atoms with Crippen LogP contribution in [-0.4, -0.2) is 36.5 Å². The van der Waals surface area contributed by atoms with Gasteiger partial charge in [0.25, 0.3) is 11.8 Å². The molecule has 0 spiro atoms. The number of methoxy groups -OCH3 is 1. The van der Waals surface area contributed by atoms with E-state index in [1.54, 1.807) is 48.7 Å². The first kappa shape index (κ1) is 22.6. The second-order valence-electron chi connectivity index (χ2n) is 7.48. The zero-order valence-electron chi connectivity index (χ0n) is 18.5. The molecule has 0 aliphatic carbocycles. The molecule has 1 heterocycles. The van der Waals surface area contributed by atoms with Crippen LogP contribution in [0.25, 0.3) is 10.9 Å². The molecule has 4 rings (SSSR count). The highest BCUT2D eigenvalue weighted by atomic mass is 16.5. The summed E-state index contributed by atoms with van der Waals surface area (Å²) in [7, 11) is 1.53. The minimum atomic E-state index is -0.497. The second-order valence-corrected chi connectivity index (χ2v) is 7.48. The molecule has 3 N–H and O–H groups in total. The number of nitrogens with one attached hydrogen (secondary N) is 3. The van der Waals surface area contributed by atoms with E-state index >= 15 is 0 Å². The molecule has 0 aliphatic rings. The van der Waals surface area contributed by atoms with Gasteiger partial charge in [0.1, 0.15) is 5.75 Å². The van der Waals surface area contributed by atoms with Gasteiger partial charge in [-0.05, 0) is 48.0 Å². The fourth-order valence-electron chi connectivity index (χ4n) is 3.47. The largest absolute Gasteiger partial charge is 0.495 e. The maximum Gasteiger partial charge on any atom is 0.310 e. The Morgan fingerprint density at radius 3 is 2.41 bits per heavy atom. The van der Waals surface area contributed by atoms with Crippen LogP contribution in [0.5, 0.6) is 5.75 Å². The summed E-state index contributed by atoms with van der Waals surface area (Å²) < 4.78 is 10.3. The van der Waals surface area contributed by atoms with E-state index in [1.165, 1.54) is 7.11 Å². The normalized spacial score (nSPS) is 10.5. The molecule has 2 amide bonds. The Balaban J connectivity index is 1.27. The van der Waals surface area contributed by atoms with Crippen molar-refractivity contribution in [3.63, 3.8) is 0 Å². The van der Waals surface area contributed by atoms with Crippen LogP contribution in [0.1, 0.15) is 15.9 Å². The highest BCUT2D eigenvalue weighted by molar-refractivity contribution is 6.05. The predicted octanol–water partition coefficient (Wildman–Crippen LogP) is 4.15. The van der Waals surface area contributed by atoms with Crippen LogP contribution in [0.4, 0.5) is 11.4 Å². The van der Waals surface area contributed by atoms with E-state index in [0.29, 0.717) is 22.7 Å². The van der Waals surface area contributed by atoms with E-state index in [2.05, 4.69) is 15.6 Å². The molecule has 0 saturated carbocycles. The third-order valence-corrected chi connectivity index (χ3v) is 5.16. The summed E-state index contributed by atoms with van der Waals surface area (Å²) in [6.45, 7) is -0.406. The van der Waals surface area contributed by atoms with Gasteiger partial charge in [-0.25, -0.2) is 0 Å². The van der Waals surface area contributed by atoms with E-state index in [-0.39, 0.29) is 12.3 Å². The number of ether oxygens (including phenoxy) is 2.